The molecule has 0 saturated heterocycles. The third kappa shape index (κ3) is 4.12. The number of nitrogens with one attached hydrogen (secondary N) is 1. The van der Waals surface area contributed by atoms with Crippen LogP contribution in [-0.2, 0) is 22.8 Å². The van der Waals surface area contributed by atoms with E-state index in [0.29, 0.717) is 17.9 Å². The largest absolute Gasteiger partial charge is 0.396 e. The van der Waals surface area contributed by atoms with E-state index in [9.17, 15) is 8.42 Å². The molecule has 0 unspecified atom stereocenters. The molecule has 3 rings (SSSR count). The van der Waals surface area contributed by atoms with Crippen LogP contribution in [0.1, 0.15) is 11.1 Å². The number of hydrogen-bond donors (Lipinski definition) is 2. The molecule has 0 radical (unpaired) electrons. The summed E-state index contributed by atoms with van der Waals surface area (Å²) in [6.07, 6.45) is 0.595. The summed E-state index contributed by atoms with van der Waals surface area (Å²) in [5, 5.41) is 12.5. The SMILES string of the molecule is O=S(=O)(c1ccccc1)c1ccc(CNc2ccccc2CCO)cc1. The molecule has 0 aliphatic carbocycles. The van der Waals surface area contributed by atoms with Crippen molar-refractivity contribution in [3.8, 4) is 0 Å². The van der Waals surface area contributed by atoms with Crippen LogP contribution in [-0.4, -0.2) is 20.1 Å². The third-order valence-electron chi connectivity index (χ3n) is 4.17. The van der Waals surface area contributed by atoms with Gasteiger partial charge in [0.15, 0.2) is 0 Å². The van der Waals surface area contributed by atoms with Gasteiger partial charge < -0.3 is 10.4 Å². The first-order valence-electron chi connectivity index (χ1n) is 8.43. The highest BCUT2D eigenvalue weighted by molar-refractivity contribution is 7.91. The first kappa shape index (κ1) is 18.2. The minimum absolute atomic E-state index is 0.102. The van der Waals surface area contributed by atoms with Crippen LogP contribution < -0.4 is 5.32 Å². The number of anilines is 1. The topological polar surface area (TPSA) is 66.4 Å². The van der Waals surface area contributed by atoms with Gasteiger partial charge in [0.1, 0.15) is 0 Å². The maximum absolute atomic E-state index is 12.6. The van der Waals surface area contributed by atoms with E-state index >= 15 is 0 Å². The molecule has 5 heteroatoms. The lowest BCUT2D eigenvalue weighted by Gasteiger charge is -2.12. The molecule has 0 aliphatic heterocycles. The standard InChI is InChI=1S/C21H21NO3S/c23-15-14-18-6-4-5-9-21(18)22-16-17-10-12-20(13-11-17)26(24,25)19-7-2-1-3-8-19/h1-13,22-23H,14-16H2. The third-order valence-corrected chi connectivity index (χ3v) is 5.95. The first-order chi connectivity index (χ1) is 12.6. The molecule has 0 spiro atoms. The van der Waals surface area contributed by atoms with Gasteiger partial charge in [-0.3, -0.25) is 0 Å². The number of rotatable bonds is 7. The lowest BCUT2D eigenvalue weighted by atomic mass is 10.1. The Labute approximate surface area is 154 Å². The van der Waals surface area contributed by atoms with Crippen LogP contribution in [0.5, 0.6) is 0 Å². The fourth-order valence-electron chi connectivity index (χ4n) is 2.75. The number of aliphatic hydroxyl groups excluding tert-OH is 1. The van der Waals surface area contributed by atoms with Crippen molar-refractivity contribution >= 4 is 15.5 Å². The molecule has 26 heavy (non-hydrogen) atoms. The molecule has 2 N–H and O–H groups in total. The second-order valence-corrected chi connectivity index (χ2v) is 7.89. The Balaban J connectivity index is 1.73. The van der Waals surface area contributed by atoms with Crippen LogP contribution in [0, 0.1) is 0 Å². The van der Waals surface area contributed by atoms with Gasteiger partial charge in [0, 0.05) is 18.8 Å². The zero-order valence-electron chi connectivity index (χ0n) is 14.3. The predicted octanol–water partition coefficient (Wildman–Crippen LogP) is 3.67. The Bertz CT molecular complexity index is 952. The predicted molar refractivity (Wildman–Crippen MR) is 103 cm³/mol. The van der Waals surface area contributed by atoms with Crippen LogP contribution in [0.25, 0.3) is 0 Å². The Morgan fingerprint density at radius 1 is 0.769 bits per heavy atom. The molecule has 0 aliphatic rings. The van der Waals surface area contributed by atoms with Gasteiger partial charge in [-0.1, -0.05) is 48.5 Å². The van der Waals surface area contributed by atoms with Crippen LogP contribution >= 0.6 is 0 Å². The van der Waals surface area contributed by atoms with Gasteiger partial charge in [-0.15, -0.1) is 0 Å². The van der Waals surface area contributed by atoms with E-state index in [-0.39, 0.29) is 11.5 Å². The number of sulfone groups is 1. The molecular weight excluding hydrogens is 346 g/mol. The average Bonchev–Trinajstić information content (AvgIpc) is 2.68. The summed E-state index contributed by atoms with van der Waals surface area (Å²) >= 11 is 0. The van der Waals surface area contributed by atoms with Crippen LogP contribution in [0.15, 0.2) is 88.7 Å². The van der Waals surface area contributed by atoms with Crippen LogP contribution in [0.2, 0.25) is 0 Å². The van der Waals surface area contributed by atoms with Crippen molar-refractivity contribution in [1.82, 2.24) is 0 Å². The summed E-state index contributed by atoms with van der Waals surface area (Å²) in [6, 6.07) is 23.2. The summed E-state index contributed by atoms with van der Waals surface area (Å²) in [6.45, 7) is 0.679. The van der Waals surface area contributed by atoms with Gasteiger partial charge in [0.25, 0.3) is 0 Å². The molecule has 0 aromatic heterocycles. The van der Waals surface area contributed by atoms with E-state index in [4.69, 9.17) is 5.11 Å². The van der Waals surface area contributed by atoms with Gasteiger partial charge in [-0.25, -0.2) is 8.42 Å². The zero-order chi connectivity index (χ0) is 18.4. The molecule has 3 aromatic carbocycles. The Morgan fingerprint density at radius 3 is 2.08 bits per heavy atom. The van der Waals surface area contributed by atoms with E-state index in [1.54, 1.807) is 42.5 Å². The van der Waals surface area contributed by atoms with Crippen LogP contribution in [0.4, 0.5) is 5.69 Å². The fraction of sp³-hybridized carbons (Fsp3) is 0.143. The van der Waals surface area contributed by atoms with E-state index < -0.39 is 9.84 Å². The van der Waals surface area contributed by atoms with Gasteiger partial charge in [-0.2, -0.15) is 0 Å². The summed E-state index contributed by atoms with van der Waals surface area (Å²) in [5.74, 6) is 0. The lowest BCUT2D eigenvalue weighted by molar-refractivity contribution is 0.300. The molecule has 0 bridgehead atoms. The van der Waals surface area contributed by atoms with Gasteiger partial charge in [-0.05, 0) is 47.9 Å². The first-order valence-corrected chi connectivity index (χ1v) is 9.91. The zero-order valence-corrected chi connectivity index (χ0v) is 15.1. The fourth-order valence-corrected chi connectivity index (χ4v) is 4.03. The molecule has 4 nitrogen and oxygen atoms in total. The Kier molecular flexibility index (Phi) is 5.71. The average molecular weight is 367 g/mol. The number of para-hydroxylation sites is 1. The monoisotopic (exact) mass is 367 g/mol. The molecule has 0 heterocycles. The number of hydrogen-bond acceptors (Lipinski definition) is 4. The van der Waals surface area contributed by atoms with Gasteiger partial charge >= 0.3 is 0 Å². The summed E-state index contributed by atoms with van der Waals surface area (Å²) in [4.78, 5) is 0.580. The van der Waals surface area contributed by atoms with Crippen molar-refractivity contribution in [2.75, 3.05) is 11.9 Å². The summed E-state index contributed by atoms with van der Waals surface area (Å²) in [7, 11) is -3.49. The van der Waals surface area contributed by atoms with E-state index in [2.05, 4.69) is 5.32 Å². The number of benzene rings is 3. The summed E-state index contributed by atoms with van der Waals surface area (Å²) < 4.78 is 25.2. The molecule has 3 aromatic rings. The van der Waals surface area contributed by atoms with Crippen molar-refractivity contribution in [3.63, 3.8) is 0 Å². The highest BCUT2D eigenvalue weighted by atomic mass is 32.2. The van der Waals surface area contributed by atoms with E-state index in [1.807, 2.05) is 36.4 Å². The molecule has 0 fully saturated rings. The normalized spacial score (nSPS) is 11.3. The maximum atomic E-state index is 12.6. The van der Waals surface area contributed by atoms with Crippen molar-refractivity contribution in [1.29, 1.82) is 0 Å². The second-order valence-electron chi connectivity index (χ2n) is 5.94. The molecular formula is C21H21NO3S. The second kappa shape index (κ2) is 8.17. The van der Waals surface area contributed by atoms with Crippen molar-refractivity contribution in [2.24, 2.45) is 0 Å². The van der Waals surface area contributed by atoms with Crippen LogP contribution in [0.3, 0.4) is 0 Å². The van der Waals surface area contributed by atoms with Crippen molar-refractivity contribution < 1.29 is 13.5 Å². The molecule has 0 amide bonds. The smallest absolute Gasteiger partial charge is 0.206 e. The minimum atomic E-state index is -3.49. The van der Waals surface area contributed by atoms with Gasteiger partial charge in [0.2, 0.25) is 9.84 Å². The van der Waals surface area contributed by atoms with Gasteiger partial charge in [0.05, 0.1) is 9.79 Å². The quantitative estimate of drug-likeness (QED) is 0.669. The molecule has 134 valence electrons. The van der Waals surface area contributed by atoms with E-state index in [1.165, 1.54) is 0 Å². The molecule has 0 atom stereocenters. The minimum Gasteiger partial charge on any atom is -0.396 e. The molecule has 0 saturated carbocycles. The summed E-state index contributed by atoms with van der Waals surface area (Å²) in [5.41, 5.74) is 3.01. The van der Waals surface area contributed by atoms with Crippen molar-refractivity contribution in [3.05, 3.63) is 90.0 Å². The lowest BCUT2D eigenvalue weighted by Crippen LogP contribution is -2.05. The Hall–Kier alpha value is -2.63. The van der Waals surface area contributed by atoms with Crippen molar-refractivity contribution in [2.45, 2.75) is 22.8 Å². The highest BCUT2D eigenvalue weighted by Gasteiger charge is 2.16. The van der Waals surface area contributed by atoms with E-state index in [0.717, 1.165) is 16.8 Å². The number of aliphatic hydroxyl groups is 1. The Morgan fingerprint density at radius 2 is 1.38 bits per heavy atom. The maximum Gasteiger partial charge on any atom is 0.206 e. The highest BCUT2D eigenvalue weighted by Crippen LogP contribution is 2.21.